The molecule has 0 radical (unpaired) electrons. The number of aliphatic hydroxyl groups excluding tert-OH is 1. The number of carbonyl (C=O) groups excluding carboxylic acids is 2. The van der Waals surface area contributed by atoms with E-state index in [9.17, 15) is 14.7 Å². The lowest BCUT2D eigenvalue weighted by atomic mass is 9.77. The molecule has 0 fully saturated rings. The Balaban J connectivity index is 1.59. The monoisotopic (exact) mass is 623 g/mol. The number of hydrogen-bond donors (Lipinski definition) is 1. The topological polar surface area (TPSA) is 60.6 Å². The number of likely N-dealkylation sites (N-methyl/N-ethyl adjacent to an activating group) is 1. The van der Waals surface area contributed by atoms with E-state index >= 15 is 0 Å². The standard InChI is InChI=1S/C30H28Br2N2O3/c1-6-33-23-9-7-17(31)13-21(23)29(2,3)25(33)15-19-27(36)20(28(19)37)16-26-30(4,5)22-14-18(32)8-10-24(22)34(26)11-12-35/h7-10,12-16H,6,11H2,1-5H3/p+1. The van der Waals surface area contributed by atoms with Crippen LogP contribution in [0.2, 0.25) is 0 Å². The predicted molar refractivity (Wildman–Crippen MR) is 154 cm³/mol. The Labute approximate surface area is 234 Å². The Morgan fingerprint density at radius 1 is 0.973 bits per heavy atom. The second-order valence-corrected chi connectivity index (χ2v) is 12.5. The van der Waals surface area contributed by atoms with Crippen molar-refractivity contribution in [3.8, 4) is 0 Å². The molecule has 1 N–H and O–H groups in total. The fourth-order valence-electron chi connectivity index (χ4n) is 5.81. The first-order valence-electron chi connectivity index (χ1n) is 12.3. The van der Waals surface area contributed by atoms with Gasteiger partial charge in [-0.2, -0.15) is 4.58 Å². The number of Topliss-reactive ketones (excluding diaryl/α,β-unsaturated/α-hetero) is 1. The lowest BCUT2D eigenvalue weighted by molar-refractivity contribution is -0.422. The zero-order valence-electron chi connectivity index (χ0n) is 21.5. The van der Waals surface area contributed by atoms with E-state index in [2.05, 4.69) is 83.5 Å². The van der Waals surface area contributed by atoms with Gasteiger partial charge in [0.2, 0.25) is 18.0 Å². The number of aldehydes is 1. The molecule has 1 aliphatic carbocycles. The summed E-state index contributed by atoms with van der Waals surface area (Å²) < 4.78 is 3.88. The Hall–Kier alpha value is -2.77. The molecule has 5 nitrogen and oxygen atoms in total. The van der Waals surface area contributed by atoms with Crippen molar-refractivity contribution in [2.45, 2.75) is 45.4 Å². The Morgan fingerprint density at radius 3 is 2.24 bits per heavy atom. The smallest absolute Gasteiger partial charge is 0.210 e. The van der Waals surface area contributed by atoms with Crippen LogP contribution in [0.5, 0.6) is 0 Å². The summed E-state index contributed by atoms with van der Waals surface area (Å²) in [7, 11) is 0. The van der Waals surface area contributed by atoms with E-state index in [1.165, 1.54) is 5.56 Å². The molecule has 0 aromatic heterocycles. The van der Waals surface area contributed by atoms with E-state index in [1.807, 2.05) is 34.9 Å². The van der Waals surface area contributed by atoms with Crippen LogP contribution in [0.1, 0.15) is 45.7 Å². The van der Waals surface area contributed by atoms with Gasteiger partial charge in [-0.05, 0) is 62.7 Å². The van der Waals surface area contributed by atoms with E-state index in [4.69, 9.17) is 0 Å². The number of carbonyl (C=O) groups is 2. The summed E-state index contributed by atoms with van der Waals surface area (Å²) in [5.41, 5.74) is 5.87. The molecule has 190 valence electrons. The van der Waals surface area contributed by atoms with E-state index in [0.717, 1.165) is 50.1 Å². The highest BCUT2D eigenvalue weighted by atomic mass is 79.9. The van der Waals surface area contributed by atoms with Gasteiger partial charge in [0.05, 0.1) is 16.6 Å². The molecule has 0 atom stereocenters. The second kappa shape index (κ2) is 8.91. The van der Waals surface area contributed by atoms with Crippen molar-refractivity contribution in [3.05, 3.63) is 91.2 Å². The molecule has 0 saturated carbocycles. The lowest BCUT2D eigenvalue weighted by Gasteiger charge is -2.28. The Kier molecular flexibility index (Phi) is 6.23. The summed E-state index contributed by atoms with van der Waals surface area (Å²) in [6.07, 6.45) is 4.45. The van der Waals surface area contributed by atoms with Crippen molar-refractivity contribution in [2.24, 2.45) is 0 Å². The van der Waals surface area contributed by atoms with Crippen molar-refractivity contribution in [3.63, 3.8) is 0 Å². The molecule has 0 saturated heterocycles. The molecule has 0 unspecified atom stereocenters. The average molecular weight is 625 g/mol. The van der Waals surface area contributed by atoms with Gasteiger partial charge in [0, 0.05) is 50.0 Å². The maximum absolute atomic E-state index is 13.4. The molecule has 3 aliphatic rings. The number of benzene rings is 2. The third kappa shape index (κ3) is 3.81. The Bertz CT molecular complexity index is 1510. The third-order valence-electron chi connectivity index (χ3n) is 7.84. The van der Waals surface area contributed by atoms with Crippen molar-refractivity contribution in [1.29, 1.82) is 0 Å². The van der Waals surface area contributed by atoms with Crippen LogP contribution in [0.15, 0.2) is 80.1 Å². The van der Waals surface area contributed by atoms with Crippen LogP contribution in [0.4, 0.5) is 11.4 Å². The largest absolute Gasteiger partial charge is 0.506 e. The number of hydrogen-bond acceptors (Lipinski definition) is 4. The van der Waals surface area contributed by atoms with Crippen LogP contribution in [-0.2, 0) is 20.4 Å². The minimum Gasteiger partial charge on any atom is -0.506 e. The number of rotatable bonds is 5. The van der Waals surface area contributed by atoms with E-state index in [1.54, 1.807) is 6.08 Å². The molecular weight excluding hydrogens is 596 g/mol. The first kappa shape index (κ1) is 25.9. The number of aliphatic hydroxyl groups is 1. The molecule has 0 bridgehead atoms. The number of nitrogens with zero attached hydrogens (tertiary/aromatic N) is 2. The lowest BCUT2D eigenvalue weighted by Crippen LogP contribution is -2.32. The summed E-state index contributed by atoms with van der Waals surface area (Å²) in [6.45, 7) is 11.4. The van der Waals surface area contributed by atoms with Gasteiger partial charge in [-0.3, -0.25) is 9.59 Å². The van der Waals surface area contributed by atoms with Crippen LogP contribution in [0.3, 0.4) is 0 Å². The highest BCUT2D eigenvalue weighted by molar-refractivity contribution is 9.10. The normalized spacial score (nSPS) is 21.6. The predicted octanol–water partition coefficient (Wildman–Crippen LogP) is 6.81. The molecule has 2 aromatic carbocycles. The zero-order chi connectivity index (χ0) is 26.9. The van der Waals surface area contributed by atoms with E-state index in [0.29, 0.717) is 5.57 Å². The van der Waals surface area contributed by atoms with Gasteiger partial charge in [-0.15, -0.1) is 0 Å². The van der Waals surface area contributed by atoms with Crippen LogP contribution < -0.4 is 4.90 Å². The van der Waals surface area contributed by atoms with Gasteiger partial charge in [-0.25, -0.2) is 0 Å². The van der Waals surface area contributed by atoms with Crippen molar-refractivity contribution in [1.82, 2.24) is 0 Å². The molecule has 5 rings (SSSR count). The molecule has 2 aromatic rings. The van der Waals surface area contributed by atoms with Gasteiger partial charge in [-0.1, -0.05) is 45.7 Å². The fourth-order valence-corrected chi connectivity index (χ4v) is 6.53. The molecule has 2 aliphatic heterocycles. The highest BCUT2D eigenvalue weighted by Crippen LogP contribution is 2.50. The number of anilines is 1. The summed E-state index contributed by atoms with van der Waals surface area (Å²) in [6, 6.07) is 12.2. The van der Waals surface area contributed by atoms with Gasteiger partial charge < -0.3 is 10.0 Å². The number of fused-ring (bicyclic) bond motifs is 2. The molecular formula is C30H29Br2N2O3+. The van der Waals surface area contributed by atoms with Crippen LogP contribution in [0, 0.1) is 0 Å². The Morgan fingerprint density at radius 2 is 1.62 bits per heavy atom. The van der Waals surface area contributed by atoms with Crippen molar-refractivity contribution < 1.29 is 19.3 Å². The van der Waals surface area contributed by atoms with Crippen molar-refractivity contribution >= 4 is 61.0 Å². The zero-order valence-corrected chi connectivity index (χ0v) is 24.7. The average Bonchev–Trinajstić information content (AvgIpc) is 3.18. The van der Waals surface area contributed by atoms with Gasteiger partial charge in [0.1, 0.15) is 5.76 Å². The molecule has 2 heterocycles. The van der Waals surface area contributed by atoms with Crippen LogP contribution in [-0.4, -0.2) is 40.6 Å². The number of ketones is 1. The molecule has 0 spiro atoms. The van der Waals surface area contributed by atoms with Crippen LogP contribution in [0.25, 0.3) is 0 Å². The molecule has 7 heteroatoms. The SMILES string of the molecule is CCN1C(=CC2=C(O)C(=CC3=[N+](CC=O)c4ccc(Br)cc4C3(C)C)C2=O)C(C)(C)c2cc(Br)ccc21. The number of halogens is 2. The first-order valence-corrected chi connectivity index (χ1v) is 13.9. The van der Waals surface area contributed by atoms with Gasteiger partial charge in [0.25, 0.3) is 0 Å². The van der Waals surface area contributed by atoms with E-state index < -0.39 is 5.41 Å². The summed E-state index contributed by atoms with van der Waals surface area (Å²) in [4.78, 5) is 27.2. The van der Waals surface area contributed by atoms with Gasteiger partial charge >= 0.3 is 0 Å². The third-order valence-corrected chi connectivity index (χ3v) is 8.83. The van der Waals surface area contributed by atoms with Crippen LogP contribution >= 0.6 is 31.9 Å². The quantitative estimate of drug-likeness (QED) is 0.226. The van der Waals surface area contributed by atoms with Gasteiger partial charge in [0.15, 0.2) is 12.0 Å². The summed E-state index contributed by atoms with van der Waals surface area (Å²) in [5, 5.41) is 11.1. The van der Waals surface area contributed by atoms with E-state index in [-0.39, 0.29) is 29.1 Å². The maximum atomic E-state index is 13.4. The maximum Gasteiger partial charge on any atom is 0.210 e. The first-order chi connectivity index (χ1) is 17.4. The second-order valence-electron chi connectivity index (χ2n) is 10.7. The molecule has 0 amide bonds. The minimum atomic E-state index is -0.453. The highest BCUT2D eigenvalue weighted by Gasteiger charge is 2.47. The minimum absolute atomic E-state index is 0.00650. The van der Waals surface area contributed by atoms with Crippen molar-refractivity contribution in [2.75, 3.05) is 18.0 Å². The fraction of sp³-hybridized carbons (Fsp3) is 0.300. The summed E-state index contributed by atoms with van der Waals surface area (Å²) in [5.74, 6) is -0.201. The number of allylic oxidation sites excluding steroid dienone is 5. The molecule has 37 heavy (non-hydrogen) atoms. The summed E-state index contributed by atoms with van der Waals surface area (Å²) >= 11 is 7.13.